The molecule has 1 heterocycles. The van der Waals surface area contributed by atoms with Crippen molar-refractivity contribution in [1.82, 2.24) is 9.78 Å². The predicted octanol–water partition coefficient (Wildman–Crippen LogP) is -0.137. The van der Waals surface area contributed by atoms with Crippen molar-refractivity contribution in [2.24, 2.45) is 12.8 Å². The summed E-state index contributed by atoms with van der Waals surface area (Å²) in [6, 6.07) is -0.829. The largest absolute Gasteiger partial charge is 0.480 e. The van der Waals surface area contributed by atoms with Crippen molar-refractivity contribution in [2.75, 3.05) is 0 Å². The molecule has 1 atom stereocenters. The summed E-state index contributed by atoms with van der Waals surface area (Å²) in [7, 11) is 1.85. The van der Waals surface area contributed by atoms with E-state index in [0.717, 1.165) is 30.7 Å². The molecule has 1 aliphatic carbocycles. The summed E-state index contributed by atoms with van der Waals surface area (Å²) in [5, 5.41) is 13.1. The first kappa shape index (κ1) is 10.2. The van der Waals surface area contributed by atoms with Crippen LogP contribution in [-0.2, 0) is 31.1 Å². The third-order valence-electron chi connectivity index (χ3n) is 2.93. The first-order valence-corrected chi connectivity index (χ1v) is 5.11. The lowest BCUT2D eigenvalue weighted by Gasteiger charge is -2.08. The highest BCUT2D eigenvalue weighted by molar-refractivity contribution is 5.73. The molecule has 15 heavy (non-hydrogen) atoms. The van der Waals surface area contributed by atoms with Crippen LogP contribution in [0.1, 0.15) is 23.4 Å². The van der Waals surface area contributed by atoms with Crippen molar-refractivity contribution in [1.29, 1.82) is 0 Å². The van der Waals surface area contributed by atoms with Gasteiger partial charge in [0.1, 0.15) is 6.04 Å². The number of aryl methyl sites for hydroxylation is 2. The molecule has 5 heteroatoms. The molecule has 1 unspecified atom stereocenters. The summed E-state index contributed by atoms with van der Waals surface area (Å²) in [6.07, 6.45) is 3.50. The second-order valence-electron chi connectivity index (χ2n) is 4.00. The van der Waals surface area contributed by atoms with Crippen LogP contribution in [0.3, 0.4) is 0 Å². The van der Waals surface area contributed by atoms with Gasteiger partial charge in [-0.3, -0.25) is 9.48 Å². The maximum Gasteiger partial charge on any atom is 0.320 e. The number of nitrogens with zero attached hydrogens (tertiary/aromatic N) is 2. The maximum atomic E-state index is 10.7. The number of carboxylic acid groups (broad SMARTS) is 1. The van der Waals surface area contributed by atoms with Crippen molar-refractivity contribution >= 4 is 5.97 Å². The molecule has 2 rings (SSSR count). The van der Waals surface area contributed by atoms with Crippen LogP contribution < -0.4 is 5.73 Å². The van der Waals surface area contributed by atoms with Crippen LogP contribution in [-0.4, -0.2) is 26.9 Å². The van der Waals surface area contributed by atoms with Crippen molar-refractivity contribution in [2.45, 2.75) is 31.7 Å². The Balaban J connectivity index is 2.24. The van der Waals surface area contributed by atoms with E-state index in [2.05, 4.69) is 5.10 Å². The zero-order valence-electron chi connectivity index (χ0n) is 8.73. The molecule has 0 aliphatic heterocycles. The van der Waals surface area contributed by atoms with Gasteiger partial charge >= 0.3 is 5.97 Å². The number of aromatic nitrogens is 2. The smallest absolute Gasteiger partial charge is 0.320 e. The average molecular weight is 209 g/mol. The number of aliphatic carboxylic acids is 1. The second kappa shape index (κ2) is 3.66. The van der Waals surface area contributed by atoms with Gasteiger partial charge in [0.25, 0.3) is 0 Å². The van der Waals surface area contributed by atoms with E-state index in [1.807, 2.05) is 7.05 Å². The van der Waals surface area contributed by atoms with E-state index in [4.69, 9.17) is 10.8 Å². The number of fused-ring (bicyclic) bond motifs is 1. The lowest BCUT2D eigenvalue weighted by molar-refractivity contribution is -0.138. The third kappa shape index (κ3) is 1.74. The quantitative estimate of drug-likeness (QED) is 0.726. The molecule has 1 aromatic heterocycles. The molecule has 0 saturated heterocycles. The van der Waals surface area contributed by atoms with Crippen LogP contribution in [0.25, 0.3) is 0 Å². The van der Waals surface area contributed by atoms with Crippen LogP contribution in [0, 0.1) is 0 Å². The number of hydrogen-bond acceptors (Lipinski definition) is 3. The van der Waals surface area contributed by atoms with Crippen LogP contribution in [0.4, 0.5) is 0 Å². The highest BCUT2D eigenvalue weighted by Gasteiger charge is 2.23. The lowest BCUT2D eigenvalue weighted by Crippen LogP contribution is -2.33. The molecule has 0 bridgehead atoms. The standard InChI is InChI=1S/C10H15N3O2/c1-13-9(5-7(11)10(14)15)6-3-2-4-8(6)12-13/h7H,2-5,11H2,1H3,(H,14,15). The van der Waals surface area contributed by atoms with Gasteiger partial charge in [0.2, 0.25) is 0 Å². The van der Waals surface area contributed by atoms with Gasteiger partial charge in [0.05, 0.1) is 5.69 Å². The van der Waals surface area contributed by atoms with E-state index >= 15 is 0 Å². The van der Waals surface area contributed by atoms with E-state index < -0.39 is 12.0 Å². The van der Waals surface area contributed by atoms with E-state index in [9.17, 15) is 4.79 Å². The van der Waals surface area contributed by atoms with Gasteiger partial charge in [0.15, 0.2) is 0 Å². The number of carboxylic acids is 1. The molecular weight excluding hydrogens is 194 g/mol. The monoisotopic (exact) mass is 209 g/mol. The Kier molecular flexibility index (Phi) is 2.48. The number of rotatable bonds is 3. The second-order valence-corrected chi connectivity index (χ2v) is 4.00. The fourth-order valence-electron chi connectivity index (χ4n) is 2.14. The molecule has 0 fully saturated rings. The number of nitrogens with two attached hydrogens (primary N) is 1. The molecule has 1 aromatic rings. The minimum absolute atomic E-state index is 0.369. The molecule has 0 radical (unpaired) electrons. The summed E-state index contributed by atoms with van der Waals surface area (Å²) in [5.74, 6) is -0.956. The summed E-state index contributed by atoms with van der Waals surface area (Å²) in [5.41, 5.74) is 8.85. The molecule has 5 nitrogen and oxygen atoms in total. The summed E-state index contributed by atoms with van der Waals surface area (Å²) < 4.78 is 1.77. The molecule has 0 spiro atoms. The van der Waals surface area contributed by atoms with Gasteiger partial charge in [-0.15, -0.1) is 0 Å². The summed E-state index contributed by atoms with van der Waals surface area (Å²) >= 11 is 0. The van der Waals surface area contributed by atoms with Gasteiger partial charge in [-0.1, -0.05) is 0 Å². The number of carbonyl (C=O) groups is 1. The first-order valence-electron chi connectivity index (χ1n) is 5.11. The fraction of sp³-hybridized carbons (Fsp3) is 0.600. The van der Waals surface area contributed by atoms with Gasteiger partial charge in [0, 0.05) is 19.2 Å². The zero-order chi connectivity index (χ0) is 11.0. The topological polar surface area (TPSA) is 81.1 Å². The van der Waals surface area contributed by atoms with Crippen molar-refractivity contribution < 1.29 is 9.90 Å². The Bertz CT molecular complexity index is 398. The molecular formula is C10H15N3O2. The number of hydrogen-bond donors (Lipinski definition) is 2. The first-order chi connectivity index (χ1) is 7.09. The predicted molar refractivity (Wildman–Crippen MR) is 54.5 cm³/mol. The fourth-order valence-corrected chi connectivity index (χ4v) is 2.14. The highest BCUT2D eigenvalue weighted by Crippen LogP contribution is 2.24. The van der Waals surface area contributed by atoms with Gasteiger partial charge in [-0.05, 0) is 24.8 Å². The molecule has 0 aromatic carbocycles. The molecule has 0 saturated carbocycles. The van der Waals surface area contributed by atoms with Crippen molar-refractivity contribution in [3.05, 3.63) is 17.0 Å². The Morgan fingerprint density at radius 3 is 3.07 bits per heavy atom. The third-order valence-corrected chi connectivity index (χ3v) is 2.93. The highest BCUT2D eigenvalue weighted by atomic mass is 16.4. The van der Waals surface area contributed by atoms with Crippen LogP contribution in [0.5, 0.6) is 0 Å². The molecule has 3 N–H and O–H groups in total. The Labute approximate surface area is 87.9 Å². The van der Waals surface area contributed by atoms with Crippen molar-refractivity contribution in [3.8, 4) is 0 Å². The summed E-state index contributed by atoms with van der Waals surface area (Å²) in [4.78, 5) is 10.7. The SMILES string of the molecule is Cn1nc2c(c1CC(N)C(=O)O)CCC2. The molecule has 82 valence electrons. The van der Waals surface area contributed by atoms with E-state index in [1.54, 1.807) is 4.68 Å². The van der Waals surface area contributed by atoms with E-state index in [-0.39, 0.29) is 0 Å². The van der Waals surface area contributed by atoms with Gasteiger partial charge < -0.3 is 10.8 Å². The Morgan fingerprint density at radius 1 is 1.67 bits per heavy atom. The molecule has 1 aliphatic rings. The van der Waals surface area contributed by atoms with Gasteiger partial charge in [-0.2, -0.15) is 5.10 Å². The Hall–Kier alpha value is -1.36. The van der Waals surface area contributed by atoms with Crippen LogP contribution in [0.2, 0.25) is 0 Å². The minimum atomic E-state index is -0.956. The maximum absolute atomic E-state index is 10.7. The van der Waals surface area contributed by atoms with Crippen LogP contribution in [0.15, 0.2) is 0 Å². The minimum Gasteiger partial charge on any atom is -0.480 e. The van der Waals surface area contributed by atoms with E-state index in [1.165, 1.54) is 5.56 Å². The normalized spacial score (nSPS) is 16.4. The Morgan fingerprint density at radius 2 is 2.40 bits per heavy atom. The average Bonchev–Trinajstić information content (AvgIpc) is 2.69. The zero-order valence-corrected chi connectivity index (χ0v) is 8.73. The lowest BCUT2D eigenvalue weighted by atomic mass is 10.1. The summed E-state index contributed by atoms with van der Waals surface area (Å²) in [6.45, 7) is 0. The molecule has 0 amide bonds. The van der Waals surface area contributed by atoms with Crippen LogP contribution >= 0.6 is 0 Å². The van der Waals surface area contributed by atoms with E-state index in [0.29, 0.717) is 6.42 Å². The van der Waals surface area contributed by atoms with Gasteiger partial charge in [-0.25, -0.2) is 0 Å². The van der Waals surface area contributed by atoms with Crippen molar-refractivity contribution in [3.63, 3.8) is 0 Å².